The smallest absolute Gasteiger partial charge is 0.145 e. The van der Waals surface area contributed by atoms with E-state index in [1.807, 2.05) is 30.0 Å². The number of nitrogens with two attached hydrogens (primary N) is 1. The minimum atomic E-state index is 0.566. The number of nitrogens with zero attached hydrogens (tertiary/aromatic N) is 3. The molecule has 0 saturated carbocycles. The number of rotatable bonds is 2. The van der Waals surface area contributed by atoms with Crippen molar-refractivity contribution in [1.29, 1.82) is 0 Å². The van der Waals surface area contributed by atoms with Crippen LogP contribution in [0.5, 0.6) is 0 Å². The molecule has 74 valence electrons. The van der Waals surface area contributed by atoms with Gasteiger partial charge in [0.1, 0.15) is 10.8 Å². The maximum Gasteiger partial charge on any atom is 0.145 e. The highest BCUT2D eigenvalue weighted by atomic mass is 32.1. The minimum Gasteiger partial charge on any atom is -0.382 e. The Morgan fingerprint density at radius 2 is 2.29 bits per heavy atom. The molecule has 0 fully saturated rings. The number of aromatic nitrogens is 3. The van der Waals surface area contributed by atoms with E-state index in [9.17, 15) is 0 Å². The van der Waals surface area contributed by atoms with Crippen molar-refractivity contribution in [2.24, 2.45) is 0 Å². The molecule has 0 aromatic carbocycles. The number of thiazole rings is 1. The summed E-state index contributed by atoms with van der Waals surface area (Å²) in [5.41, 5.74) is 7.71. The Labute approximate surface area is 86.4 Å². The standard InChI is InChI=1S/C9H12N4S/c1-6-5-14-9(11-6)4-13-7(2)3-8(10)12-13/h3,5H,4H2,1-2H3,(H2,10,12). The Bertz CT molecular complexity index is 443. The van der Waals surface area contributed by atoms with E-state index in [4.69, 9.17) is 5.73 Å². The Balaban J connectivity index is 2.22. The molecule has 2 aromatic heterocycles. The van der Waals surface area contributed by atoms with E-state index in [1.165, 1.54) is 0 Å². The molecule has 0 aliphatic carbocycles. The molecule has 2 heterocycles. The number of hydrogen-bond acceptors (Lipinski definition) is 4. The van der Waals surface area contributed by atoms with Gasteiger partial charge < -0.3 is 5.73 Å². The molecule has 0 unspecified atom stereocenters. The first kappa shape index (κ1) is 9.21. The zero-order valence-electron chi connectivity index (χ0n) is 8.19. The van der Waals surface area contributed by atoms with E-state index < -0.39 is 0 Å². The molecule has 4 nitrogen and oxygen atoms in total. The van der Waals surface area contributed by atoms with Crippen molar-refractivity contribution in [3.8, 4) is 0 Å². The van der Waals surface area contributed by atoms with Gasteiger partial charge in [-0.1, -0.05) is 0 Å². The summed E-state index contributed by atoms with van der Waals surface area (Å²) < 4.78 is 1.87. The van der Waals surface area contributed by atoms with Crippen LogP contribution in [0.15, 0.2) is 11.4 Å². The predicted octanol–water partition coefficient (Wildman–Crippen LogP) is 1.59. The summed E-state index contributed by atoms with van der Waals surface area (Å²) >= 11 is 1.65. The van der Waals surface area contributed by atoms with Crippen LogP contribution in [0.2, 0.25) is 0 Å². The molecular weight excluding hydrogens is 196 g/mol. The predicted molar refractivity (Wildman–Crippen MR) is 57.3 cm³/mol. The molecule has 0 bridgehead atoms. The van der Waals surface area contributed by atoms with Crippen LogP contribution in [-0.2, 0) is 6.54 Å². The van der Waals surface area contributed by atoms with Crippen molar-refractivity contribution in [2.45, 2.75) is 20.4 Å². The van der Waals surface area contributed by atoms with Crippen molar-refractivity contribution in [2.75, 3.05) is 5.73 Å². The zero-order valence-corrected chi connectivity index (χ0v) is 9.01. The van der Waals surface area contributed by atoms with Gasteiger partial charge in [0.15, 0.2) is 0 Å². The molecule has 0 aliphatic heterocycles. The summed E-state index contributed by atoms with van der Waals surface area (Å²) in [7, 11) is 0. The third kappa shape index (κ3) is 1.77. The summed E-state index contributed by atoms with van der Waals surface area (Å²) in [6, 6.07) is 1.86. The lowest BCUT2D eigenvalue weighted by Gasteiger charge is -1.99. The van der Waals surface area contributed by atoms with Crippen LogP contribution in [0, 0.1) is 13.8 Å². The topological polar surface area (TPSA) is 56.7 Å². The monoisotopic (exact) mass is 208 g/mol. The van der Waals surface area contributed by atoms with Gasteiger partial charge in [0, 0.05) is 22.8 Å². The van der Waals surface area contributed by atoms with Gasteiger partial charge in [0.2, 0.25) is 0 Å². The molecular formula is C9H12N4S. The van der Waals surface area contributed by atoms with Gasteiger partial charge in [0.25, 0.3) is 0 Å². The second-order valence-corrected chi connectivity index (χ2v) is 4.19. The molecule has 0 radical (unpaired) electrons. The van der Waals surface area contributed by atoms with Crippen molar-refractivity contribution >= 4 is 17.2 Å². The number of hydrogen-bond donors (Lipinski definition) is 1. The van der Waals surface area contributed by atoms with E-state index in [-0.39, 0.29) is 0 Å². The number of aryl methyl sites for hydroxylation is 2. The van der Waals surface area contributed by atoms with Crippen LogP contribution in [0.25, 0.3) is 0 Å². The van der Waals surface area contributed by atoms with E-state index in [0.717, 1.165) is 16.4 Å². The second-order valence-electron chi connectivity index (χ2n) is 3.25. The van der Waals surface area contributed by atoms with Crippen molar-refractivity contribution in [1.82, 2.24) is 14.8 Å². The highest BCUT2D eigenvalue weighted by molar-refractivity contribution is 7.09. The summed E-state index contributed by atoms with van der Waals surface area (Å²) in [4.78, 5) is 4.37. The fourth-order valence-corrected chi connectivity index (χ4v) is 2.05. The molecule has 5 heteroatoms. The summed E-state index contributed by atoms with van der Waals surface area (Å²) in [6.07, 6.45) is 0. The average Bonchev–Trinajstić information content (AvgIpc) is 2.61. The van der Waals surface area contributed by atoms with E-state index in [1.54, 1.807) is 11.3 Å². The average molecular weight is 208 g/mol. The second kappa shape index (κ2) is 3.42. The van der Waals surface area contributed by atoms with Gasteiger partial charge >= 0.3 is 0 Å². The van der Waals surface area contributed by atoms with Gasteiger partial charge in [-0.3, -0.25) is 4.68 Å². The third-order valence-electron chi connectivity index (χ3n) is 1.95. The fourth-order valence-electron chi connectivity index (χ4n) is 1.30. The molecule has 0 spiro atoms. The third-order valence-corrected chi connectivity index (χ3v) is 2.90. The van der Waals surface area contributed by atoms with Crippen LogP contribution in [0.1, 0.15) is 16.4 Å². The maximum atomic E-state index is 5.59. The van der Waals surface area contributed by atoms with Gasteiger partial charge in [-0.15, -0.1) is 11.3 Å². The van der Waals surface area contributed by atoms with E-state index >= 15 is 0 Å². The van der Waals surface area contributed by atoms with Crippen LogP contribution < -0.4 is 5.73 Å². The SMILES string of the molecule is Cc1csc(Cn2nc(N)cc2C)n1. The van der Waals surface area contributed by atoms with E-state index in [2.05, 4.69) is 10.1 Å². The van der Waals surface area contributed by atoms with E-state index in [0.29, 0.717) is 12.4 Å². The highest BCUT2D eigenvalue weighted by Crippen LogP contribution is 2.12. The van der Waals surface area contributed by atoms with Crippen LogP contribution in [0.3, 0.4) is 0 Å². The zero-order chi connectivity index (χ0) is 10.1. The molecule has 2 rings (SSSR count). The van der Waals surface area contributed by atoms with Gasteiger partial charge in [-0.25, -0.2) is 4.98 Å². The van der Waals surface area contributed by atoms with Crippen LogP contribution in [0.4, 0.5) is 5.82 Å². The first-order valence-corrected chi connectivity index (χ1v) is 5.24. The molecule has 0 amide bonds. The Morgan fingerprint density at radius 1 is 1.50 bits per heavy atom. The lowest BCUT2D eigenvalue weighted by atomic mass is 10.4. The Kier molecular flexibility index (Phi) is 2.25. The Morgan fingerprint density at radius 3 is 2.79 bits per heavy atom. The molecule has 2 N–H and O–H groups in total. The quantitative estimate of drug-likeness (QED) is 0.815. The molecule has 0 saturated heterocycles. The Hall–Kier alpha value is -1.36. The summed E-state index contributed by atoms with van der Waals surface area (Å²) in [5.74, 6) is 0.566. The van der Waals surface area contributed by atoms with Gasteiger partial charge in [-0.2, -0.15) is 5.10 Å². The molecule has 0 atom stereocenters. The lowest BCUT2D eigenvalue weighted by Crippen LogP contribution is -2.03. The van der Waals surface area contributed by atoms with Gasteiger partial charge in [0.05, 0.1) is 6.54 Å². The summed E-state index contributed by atoms with van der Waals surface area (Å²) in [5, 5.41) is 7.28. The van der Waals surface area contributed by atoms with Gasteiger partial charge in [-0.05, 0) is 13.8 Å². The largest absolute Gasteiger partial charge is 0.382 e. The molecule has 0 aliphatic rings. The normalized spacial score (nSPS) is 10.7. The fraction of sp³-hybridized carbons (Fsp3) is 0.333. The number of nitrogen functional groups attached to an aromatic ring is 1. The molecule has 14 heavy (non-hydrogen) atoms. The minimum absolute atomic E-state index is 0.566. The first-order chi connectivity index (χ1) is 6.65. The number of anilines is 1. The first-order valence-electron chi connectivity index (χ1n) is 4.36. The highest BCUT2D eigenvalue weighted by Gasteiger charge is 2.04. The van der Waals surface area contributed by atoms with Crippen molar-refractivity contribution < 1.29 is 0 Å². The molecule has 2 aromatic rings. The van der Waals surface area contributed by atoms with Crippen LogP contribution in [-0.4, -0.2) is 14.8 Å². The van der Waals surface area contributed by atoms with Crippen LogP contribution >= 0.6 is 11.3 Å². The maximum absolute atomic E-state index is 5.59. The summed E-state index contributed by atoms with van der Waals surface area (Å²) in [6.45, 7) is 4.69. The van der Waals surface area contributed by atoms with Crippen molar-refractivity contribution in [3.05, 3.63) is 27.8 Å². The lowest BCUT2D eigenvalue weighted by molar-refractivity contribution is 0.664. The van der Waals surface area contributed by atoms with Crippen molar-refractivity contribution in [3.63, 3.8) is 0 Å².